The third-order valence-corrected chi connectivity index (χ3v) is 2.64. The van der Waals surface area contributed by atoms with Crippen molar-refractivity contribution in [1.29, 1.82) is 0 Å². The number of hydrogen-bond donors (Lipinski definition) is 1. The van der Waals surface area contributed by atoms with Crippen molar-refractivity contribution in [3.05, 3.63) is 29.3 Å². The third kappa shape index (κ3) is 3.49. The second kappa shape index (κ2) is 5.85. The minimum atomic E-state index is 0.195. The highest BCUT2D eigenvalue weighted by Gasteiger charge is 2.09. The number of nitrogens with two attached hydrogens (primary N) is 1. The molecule has 0 aliphatic carbocycles. The Morgan fingerprint density at radius 1 is 1.50 bits per heavy atom. The quantitative estimate of drug-likeness (QED) is 0.799. The molecule has 0 spiro atoms. The highest BCUT2D eigenvalue weighted by Crippen LogP contribution is 2.22. The first kappa shape index (κ1) is 13.0. The van der Waals surface area contributed by atoms with Crippen LogP contribution in [0.3, 0.4) is 0 Å². The first-order valence-electron chi connectivity index (χ1n) is 5.61. The summed E-state index contributed by atoms with van der Waals surface area (Å²) in [6.07, 6.45) is 2.33. The second-order valence-corrected chi connectivity index (χ2v) is 4.52. The number of benzene rings is 1. The van der Waals surface area contributed by atoms with Crippen LogP contribution >= 0.6 is 12.2 Å². The molecule has 3 heteroatoms. The van der Waals surface area contributed by atoms with Gasteiger partial charge in [-0.15, -0.1) is 0 Å². The number of ether oxygens (including phenoxy) is 1. The molecule has 0 amide bonds. The number of rotatable bonds is 5. The minimum absolute atomic E-state index is 0.195. The van der Waals surface area contributed by atoms with Crippen LogP contribution in [-0.2, 0) is 0 Å². The second-order valence-electron chi connectivity index (χ2n) is 4.08. The summed E-state index contributed by atoms with van der Waals surface area (Å²) in [6.45, 7) is 6.22. The van der Waals surface area contributed by atoms with E-state index in [9.17, 15) is 0 Å². The first-order valence-corrected chi connectivity index (χ1v) is 6.02. The van der Waals surface area contributed by atoms with E-state index in [4.69, 9.17) is 22.7 Å². The van der Waals surface area contributed by atoms with E-state index in [2.05, 4.69) is 13.8 Å². The molecule has 88 valence electrons. The van der Waals surface area contributed by atoms with Gasteiger partial charge in [-0.3, -0.25) is 0 Å². The molecular formula is C13H19NOS. The van der Waals surface area contributed by atoms with Gasteiger partial charge >= 0.3 is 0 Å². The van der Waals surface area contributed by atoms with Crippen LogP contribution in [0.1, 0.15) is 37.8 Å². The molecule has 1 atom stereocenters. The van der Waals surface area contributed by atoms with E-state index < -0.39 is 0 Å². The molecule has 0 saturated heterocycles. The van der Waals surface area contributed by atoms with E-state index in [1.165, 1.54) is 0 Å². The van der Waals surface area contributed by atoms with Gasteiger partial charge in [0.15, 0.2) is 0 Å². The average Bonchev–Trinajstić information content (AvgIpc) is 2.20. The lowest BCUT2D eigenvalue weighted by Crippen LogP contribution is -2.16. The lowest BCUT2D eigenvalue weighted by Gasteiger charge is -2.16. The zero-order chi connectivity index (χ0) is 12.1. The fraction of sp³-hybridized carbons (Fsp3) is 0.462. The SMILES string of the molecule is CCCC(C)Oc1ccc(C)cc1C(N)=S. The van der Waals surface area contributed by atoms with E-state index in [-0.39, 0.29) is 6.10 Å². The number of hydrogen-bond acceptors (Lipinski definition) is 2. The summed E-state index contributed by atoms with van der Waals surface area (Å²) in [5.74, 6) is 0.791. The van der Waals surface area contributed by atoms with Crippen LogP contribution in [-0.4, -0.2) is 11.1 Å². The van der Waals surface area contributed by atoms with Crippen molar-refractivity contribution >= 4 is 17.2 Å². The molecule has 1 rings (SSSR count). The van der Waals surface area contributed by atoms with E-state index in [1.807, 2.05) is 25.1 Å². The summed E-state index contributed by atoms with van der Waals surface area (Å²) in [5, 5.41) is 0. The lowest BCUT2D eigenvalue weighted by molar-refractivity contribution is 0.209. The molecule has 1 aromatic carbocycles. The van der Waals surface area contributed by atoms with Gasteiger partial charge in [0.1, 0.15) is 10.7 Å². The Labute approximate surface area is 103 Å². The fourth-order valence-electron chi connectivity index (χ4n) is 1.62. The Balaban J connectivity index is 2.90. The van der Waals surface area contributed by atoms with Crippen molar-refractivity contribution in [2.24, 2.45) is 5.73 Å². The van der Waals surface area contributed by atoms with Crippen LogP contribution in [0.4, 0.5) is 0 Å². The molecule has 0 heterocycles. The van der Waals surface area contributed by atoms with E-state index in [0.717, 1.165) is 29.7 Å². The maximum atomic E-state index is 5.83. The smallest absolute Gasteiger partial charge is 0.129 e. The highest BCUT2D eigenvalue weighted by molar-refractivity contribution is 7.80. The monoisotopic (exact) mass is 237 g/mol. The summed E-state index contributed by atoms with van der Waals surface area (Å²) in [4.78, 5) is 0.391. The normalized spacial score (nSPS) is 12.2. The maximum absolute atomic E-state index is 5.83. The zero-order valence-corrected chi connectivity index (χ0v) is 10.9. The molecule has 0 aliphatic heterocycles. The standard InChI is InChI=1S/C13H19NOS/c1-4-5-10(3)15-12-7-6-9(2)8-11(12)13(14)16/h6-8,10H,4-5H2,1-3H3,(H2,14,16). The molecule has 0 saturated carbocycles. The van der Waals surface area contributed by atoms with Crippen LogP contribution in [0.15, 0.2) is 18.2 Å². The lowest BCUT2D eigenvalue weighted by atomic mass is 10.1. The van der Waals surface area contributed by atoms with Crippen molar-refractivity contribution in [3.63, 3.8) is 0 Å². The third-order valence-electron chi connectivity index (χ3n) is 2.42. The summed E-state index contributed by atoms with van der Waals surface area (Å²) in [5.41, 5.74) is 7.65. The maximum Gasteiger partial charge on any atom is 0.129 e. The molecule has 0 fully saturated rings. The molecule has 1 aromatic rings. The fourth-order valence-corrected chi connectivity index (χ4v) is 1.78. The van der Waals surface area contributed by atoms with E-state index in [1.54, 1.807) is 0 Å². The van der Waals surface area contributed by atoms with Gasteiger partial charge in [-0.2, -0.15) is 0 Å². The van der Waals surface area contributed by atoms with Crippen molar-refractivity contribution in [2.75, 3.05) is 0 Å². The first-order chi connectivity index (χ1) is 7.54. The van der Waals surface area contributed by atoms with Crippen molar-refractivity contribution in [3.8, 4) is 5.75 Å². The van der Waals surface area contributed by atoms with E-state index in [0.29, 0.717) is 4.99 Å². The Kier molecular flexibility index (Phi) is 4.74. The Morgan fingerprint density at radius 2 is 2.19 bits per heavy atom. The molecular weight excluding hydrogens is 218 g/mol. The molecule has 0 aliphatic rings. The molecule has 0 bridgehead atoms. The molecule has 2 N–H and O–H groups in total. The Bertz CT molecular complexity index is 376. The Hall–Kier alpha value is -1.09. The van der Waals surface area contributed by atoms with E-state index >= 15 is 0 Å². The van der Waals surface area contributed by atoms with Gasteiger partial charge in [-0.1, -0.05) is 37.2 Å². The molecule has 0 aromatic heterocycles. The molecule has 1 unspecified atom stereocenters. The van der Waals surface area contributed by atoms with Crippen LogP contribution < -0.4 is 10.5 Å². The number of aryl methyl sites for hydroxylation is 1. The van der Waals surface area contributed by atoms with Crippen molar-refractivity contribution in [2.45, 2.75) is 39.7 Å². The summed E-state index contributed by atoms with van der Waals surface area (Å²) in [7, 11) is 0. The summed E-state index contributed by atoms with van der Waals surface area (Å²) >= 11 is 5.02. The summed E-state index contributed by atoms with van der Waals surface area (Å²) < 4.78 is 5.83. The van der Waals surface area contributed by atoms with Crippen molar-refractivity contribution < 1.29 is 4.74 Å². The van der Waals surface area contributed by atoms with Crippen molar-refractivity contribution in [1.82, 2.24) is 0 Å². The van der Waals surface area contributed by atoms with Crippen LogP contribution in [0.25, 0.3) is 0 Å². The largest absolute Gasteiger partial charge is 0.490 e. The summed E-state index contributed by atoms with van der Waals surface area (Å²) in [6, 6.07) is 5.92. The molecule has 0 radical (unpaired) electrons. The minimum Gasteiger partial charge on any atom is -0.490 e. The predicted octanol–water partition coefficient (Wildman–Crippen LogP) is 3.20. The van der Waals surface area contributed by atoms with Gasteiger partial charge in [0.05, 0.1) is 11.7 Å². The topological polar surface area (TPSA) is 35.2 Å². The van der Waals surface area contributed by atoms with Gasteiger partial charge in [0, 0.05) is 0 Å². The number of thiocarbonyl (C=S) groups is 1. The van der Waals surface area contributed by atoms with Gasteiger partial charge < -0.3 is 10.5 Å². The molecule has 16 heavy (non-hydrogen) atoms. The van der Waals surface area contributed by atoms with Crippen LogP contribution in [0, 0.1) is 6.92 Å². The van der Waals surface area contributed by atoms with Crippen LogP contribution in [0.2, 0.25) is 0 Å². The van der Waals surface area contributed by atoms with Crippen LogP contribution in [0.5, 0.6) is 5.75 Å². The highest BCUT2D eigenvalue weighted by atomic mass is 32.1. The van der Waals surface area contributed by atoms with Gasteiger partial charge in [0.25, 0.3) is 0 Å². The van der Waals surface area contributed by atoms with Gasteiger partial charge in [-0.25, -0.2) is 0 Å². The predicted molar refractivity (Wildman–Crippen MR) is 72.1 cm³/mol. The Morgan fingerprint density at radius 3 is 2.75 bits per heavy atom. The zero-order valence-electron chi connectivity index (χ0n) is 10.1. The van der Waals surface area contributed by atoms with Gasteiger partial charge in [-0.05, 0) is 32.4 Å². The molecule has 2 nitrogen and oxygen atoms in total. The average molecular weight is 237 g/mol. The van der Waals surface area contributed by atoms with Gasteiger partial charge in [0.2, 0.25) is 0 Å².